The number of aryl methyl sites for hydroxylation is 2. The molecule has 0 aliphatic carbocycles. The van der Waals surface area contributed by atoms with Crippen molar-refractivity contribution in [3.63, 3.8) is 0 Å². The number of methoxy groups -OCH3 is 4. The second kappa shape index (κ2) is 15.4. The van der Waals surface area contributed by atoms with Gasteiger partial charge < -0.3 is 18.9 Å². The number of carbonyl (C=O) groups excluding carboxylic acids is 2. The number of piperidine rings is 2. The van der Waals surface area contributed by atoms with Crippen molar-refractivity contribution in [1.29, 1.82) is 0 Å². The fraction of sp³-hybridized carbons (Fsp3) is 0.641. The van der Waals surface area contributed by atoms with Crippen LogP contribution in [0.2, 0.25) is 0 Å². The second-order valence-corrected chi connectivity index (χ2v) is 11.4. The van der Waals surface area contributed by atoms with Crippen LogP contribution in [0, 0.1) is 23.6 Å². The zero-order valence-corrected chi connectivity index (χ0v) is 26.6. The van der Waals surface area contributed by atoms with E-state index >= 15 is 0 Å². The molecule has 0 saturated carbocycles. The van der Waals surface area contributed by atoms with Crippen molar-refractivity contribution in [3.05, 3.63) is 46.5 Å². The van der Waals surface area contributed by atoms with E-state index in [1.807, 2.05) is 0 Å². The summed E-state index contributed by atoms with van der Waals surface area (Å²) in [5, 5.41) is 0. The van der Waals surface area contributed by atoms with Crippen LogP contribution in [0.1, 0.15) is 131 Å². The van der Waals surface area contributed by atoms with Crippen LogP contribution >= 0.6 is 0 Å². The summed E-state index contributed by atoms with van der Waals surface area (Å²) in [6.07, 6.45) is -16.6. The molecule has 0 bridgehead atoms. The van der Waals surface area contributed by atoms with E-state index in [0.717, 1.165) is 38.5 Å². The van der Waals surface area contributed by atoms with Crippen molar-refractivity contribution in [2.24, 2.45) is 23.6 Å². The van der Waals surface area contributed by atoms with E-state index in [2.05, 4.69) is 0 Å². The third-order valence-corrected chi connectivity index (χ3v) is 7.86. The summed E-state index contributed by atoms with van der Waals surface area (Å²) in [5.41, 5.74) is -1.76. The van der Waals surface area contributed by atoms with E-state index in [0.29, 0.717) is 16.7 Å². The van der Waals surface area contributed by atoms with Crippen molar-refractivity contribution in [2.45, 2.75) is 84.4 Å². The minimum Gasteiger partial charge on any atom is -0.493 e. The molecule has 8 nitrogen and oxygen atoms in total. The molecule has 258 valence electrons. The van der Waals surface area contributed by atoms with E-state index in [1.54, 1.807) is 13.8 Å². The molecular formula is C39H56N2O6. The lowest BCUT2D eigenvalue weighted by Gasteiger charge is -2.43. The normalized spacial score (nSPS) is 45.2. The summed E-state index contributed by atoms with van der Waals surface area (Å²) in [6, 6.07) is -1.39. The number of ether oxygens (including phenoxy) is 4. The monoisotopic (exact) mass is 676 g/mol. The van der Waals surface area contributed by atoms with Gasteiger partial charge in [0.2, 0.25) is 0 Å². The lowest BCUT2D eigenvalue weighted by molar-refractivity contribution is -0.130. The van der Waals surface area contributed by atoms with Crippen LogP contribution < -0.4 is 18.9 Å². The first kappa shape index (κ1) is 14.4. The Balaban J connectivity index is 0.000000278. The van der Waals surface area contributed by atoms with Gasteiger partial charge in [-0.1, -0.05) is 34.0 Å². The number of rotatable bonds is 9. The molecule has 0 N–H and O–H groups in total. The molecular weight excluding hydrogens is 592 g/mol. The molecule has 4 aliphatic rings. The van der Waals surface area contributed by atoms with Gasteiger partial charge in [-0.15, -0.1) is 0 Å². The van der Waals surface area contributed by atoms with E-state index in [4.69, 9.17) is 54.6 Å². The minimum atomic E-state index is -3.58. The van der Waals surface area contributed by atoms with Crippen LogP contribution in [0.4, 0.5) is 0 Å². The molecule has 2 aromatic carbocycles. The Morgan fingerprint density at radius 1 is 0.894 bits per heavy atom. The van der Waals surface area contributed by atoms with Gasteiger partial charge in [-0.25, -0.2) is 0 Å². The van der Waals surface area contributed by atoms with Gasteiger partial charge in [-0.05, 0) is 83.9 Å². The number of carbonyl (C=O) groups is 2. The quantitative estimate of drug-likeness (QED) is 0.285. The SMILES string of the molecule is [2H]C([2H])([2H])Oc1cc2c(cc1OC)C1([2H])CC(=O)C(C([2H])([2H])C([2H])(C([2H])([2H])[2H])C([2H])([2H])C)CN1C([2H])([2H])C2([2H])[2H].[2H]C([2H])([2H])Oc1cc2c(cc1OC)C1([2H])N(CC([2H])(CC(C)C)C(=O)C1([2H])[2H])C([2H])([2H])C2([2H])[2H]. The van der Waals surface area contributed by atoms with Gasteiger partial charge >= 0.3 is 0 Å². The van der Waals surface area contributed by atoms with Crippen molar-refractivity contribution in [3.8, 4) is 23.0 Å². The van der Waals surface area contributed by atoms with E-state index in [1.165, 1.54) is 0 Å². The number of hydrogen-bond acceptors (Lipinski definition) is 8. The maximum atomic E-state index is 13.5. The number of nitrogens with zero attached hydrogens (tertiary/aromatic N) is 2. The lowest BCUT2D eigenvalue weighted by Crippen LogP contribution is -2.46. The molecule has 4 heterocycles. The highest BCUT2D eigenvalue weighted by molar-refractivity contribution is 5.83. The average molecular weight is 676 g/mol. The average Bonchev–Trinajstić information content (AvgIpc) is 3.20. The van der Waals surface area contributed by atoms with Gasteiger partial charge in [0.25, 0.3) is 0 Å². The molecule has 2 fully saturated rings. The summed E-state index contributed by atoms with van der Waals surface area (Å²) in [7, 11) is -3.65. The smallest absolute Gasteiger partial charge is 0.161 e. The number of fused-ring (bicyclic) bond motifs is 6. The minimum absolute atomic E-state index is 0.113. The molecule has 2 saturated heterocycles. The summed E-state index contributed by atoms with van der Waals surface area (Å²) >= 11 is 0. The third-order valence-electron chi connectivity index (χ3n) is 7.86. The fourth-order valence-corrected chi connectivity index (χ4v) is 5.56. The van der Waals surface area contributed by atoms with Crippen LogP contribution in [-0.2, 0) is 22.3 Å². The van der Waals surface area contributed by atoms with E-state index in [-0.39, 0.29) is 29.4 Å². The summed E-state index contributed by atoms with van der Waals surface area (Å²) in [5.74, 6) is -11.7. The first-order chi connectivity index (χ1) is 32.8. The van der Waals surface area contributed by atoms with Gasteiger partial charge in [-0.3, -0.25) is 19.4 Å². The van der Waals surface area contributed by atoms with Crippen LogP contribution in [0.5, 0.6) is 23.0 Å². The highest BCUT2D eigenvalue weighted by atomic mass is 16.5. The van der Waals surface area contributed by atoms with Crippen molar-refractivity contribution in [1.82, 2.24) is 9.80 Å². The summed E-state index contributed by atoms with van der Waals surface area (Å²) in [6.45, 7) is -7.45. The number of benzene rings is 2. The number of Topliss-reactive ketones (excluding diaryl/α,β-unsaturated/α-hetero) is 2. The van der Waals surface area contributed by atoms with Crippen molar-refractivity contribution in [2.75, 3.05) is 54.4 Å². The predicted molar refractivity (Wildman–Crippen MR) is 185 cm³/mol. The van der Waals surface area contributed by atoms with Crippen molar-refractivity contribution >= 4 is 11.6 Å². The Bertz CT molecular complexity index is 2530. The maximum absolute atomic E-state index is 13.5. The Labute approximate surface area is 320 Å². The highest BCUT2D eigenvalue weighted by Gasteiger charge is 2.40. The molecule has 0 spiro atoms. The molecule has 47 heavy (non-hydrogen) atoms. The van der Waals surface area contributed by atoms with Crippen LogP contribution in [0.3, 0.4) is 0 Å². The molecule has 5 unspecified atom stereocenters. The second-order valence-electron chi connectivity index (χ2n) is 11.4. The van der Waals surface area contributed by atoms with Crippen LogP contribution in [0.15, 0.2) is 24.3 Å². The van der Waals surface area contributed by atoms with Gasteiger partial charge in [0.15, 0.2) is 23.0 Å². The van der Waals surface area contributed by atoms with E-state index < -0.39 is 155 Å². The van der Waals surface area contributed by atoms with Gasteiger partial charge in [0.1, 0.15) is 11.6 Å². The number of hydrogen-bond donors (Lipinski definition) is 0. The Morgan fingerprint density at radius 3 is 2.00 bits per heavy atom. The lowest BCUT2D eigenvalue weighted by atomic mass is 9.79. The maximum Gasteiger partial charge on any atom is 0.161 e. The Hall–Kier alpha value is -3.10. The largest absolute Gasteiger partial charge is 0.493 e. The molecule has 2 aromatic rings. The zero-order valence-electron chi connectivity index (χ0n) is 53.6. The van der Waals surface area contributed by atoms with Crippen LogP contribution in [0.25, 0.3) is 0 Å². The fourth-order valence-electron chi connectivity index (χ4n) is 5.56. The first-order valence-corrected chi connectivity index (χ1v) is 14.7. The third kappa shape index (κ3) is 7.64. The Morgan fingerprint density at radius 2 is 1.47 bits per heavy atom. The summed E-state index contributed by atoms with van der Waals surface area (Å²) < 4.78 is 243. The molecule has 4 aliphatic heterocycles. The molecule has 0 radical (unpaired) electrons. The van der Waals surface area contributed by atoms with E-state index in [9.17, 15) is 11.0 Å². The molecule has 0 amide bonds. The predicted octanol–water partition coefficient (Wildman–Crippen LogP) is 6.87. The number of ketones is 2. The van der Waals surface area contributed by atoms with Crippen molar-refractivity contribution < 1.29 is 65.5 Å². The topological polar surface area (TPSA) is 77.5 Å². The van der Waals surface area contributed by atoms with Gasteiger partial charge in [0.05, 0.1) is 39.3 Å². The molecule has 8 heteroatoms. The summed E-state index contributed by atoms with van der Waals surface area (Å²) in [4.78, 5) is 27.9. The van der Waals surface area contributed by atoms with Crippen LogP contribution in [-0.4, -0.2) is 75.7 Å². The molecule has 6 rings (SSSR count). The van der Waals surface area contributed by atoms with Gasteiger partial charge in [0, 0.05) is 88.8 Å². The standard InChI is InChI=1S/C20H29NO3.C19H27NO3/c1-5-13(2)8-15-12-21-7-6-14-9-19(23-3)20(24-4)10-16(14)17(21)11-18(15)22;1-12(2)7-14-11-20-6-5-13-8-18(22-3)19(23-4)9-15(13)16(20)10-17(14)21/h9-10,13,15,17H,5-8,11-12H2,1-4H3;8-9,12,14,16H,5-7,10-11H2,1-4H3/i2D3,3D3,5D2,6D2,7D2,8D2,13D,17D;3D3,5D2,6D2,10D2,14D,16D. The zero-order chi connectivity index (χ0) is 57.6. The molecule has 0 aromatic heterocycles. The highest BCUT2D eigenvalue weighted by Crippen LogP contribution is 2.44. The first-order valence-electron chi connectivity index (χ1n) is 28.2. The Kier molecular flexibility index (Phi) is 4.72. The molecule has 5 atom stereocenters. The van der Waals surface area contributed by atoms with Gasteiger partial charge in [-0.2, -0.15) is 0 Å².